The van der Waals surface area contributed by atoms with Crippen LogP contribution in [0.15, 0.2) is 52.5 Å². The summed E-state index contributed by atoms with van der Waals surface area (Å²) >= 11 is 7.77. The Hall–Kier alpha value is -1.03. The van der Waals surface area contributed by atoms with Gasteiger partial charge in [-0.05, 0) is 30.3 Å². The number of benzene rings is 1. The Kier molecular flexibility index (Phi) is 5.05. The van der Waals surface area contributed by atoms with Gasteiger partial charge in [-0.15, -0.1) is 0 Å². The van der Waals surface area contributed by atoms with Gasteiger partial charge in [-0.3, -0.25) is 0 Å². The highest BCUT2D eigenvalue weighted by molar-refractivity contribution is 7.99. The van der Waals surface area contributed by atoms with E-state index >= 15 is 0 Å². The summed E-state index contributed by atoms with van der Waals surface area (Å²) in [7, 11) is 0. The zero-order chi connectivity index (χ0) is 12.8. The van der Waals surface area contributed by atoms with Crippen LogP contribution in [0.1, 0.15) is 12.5 Å². The van der Waals surface area contributed by atoms with Gasteiger partial charge in [0.25, 0.3) is 0 Å². The van der Waals surface area contributed by atoms with E-state index in [0.717, 1.165) is 28.0 Å². The van der Waals surface area contributed by atoms with Crippen LogP contribution in [0.3, 0.4) is 0 Å². The number of rotatable bonds is 5. The maximum absolute atomic E-state index is 6.17. The van der Waals surface area contributed by atoms with E-state index in [-0.39, 0.29) is 0 Å². The lowest BCUT2D eigenvalue weighted by molar-refractivity contribution is 0.711. The molecule has 0 aliphatic carbocycles. The van der Waals surface area contributed by atoms with Crippen molar-refractivity contribution in [2.75, 3.05) is 6.54 Å². The van der Waals surface area contributed by atoms with Crippen molar-refractivity contribution in [3.63, 3.8) is 0 Å². The first kappa shape index (κ1) is 13.4. The largest absolute Gasteiger partial charge is 0.313 e. The molecule has 0 aliphatic heterocycles. The van der Waals surface area contributed by atoms with Crippen LogP contribution in [-0.4, -0.2) is 11.5 Å². The molecule has 0 radical (unpaired) electrons. The molecule has 2 aromatic rings. The molecule has 94 valence electrons. The van der Waals surface area contributed by atoms with Crippen molar-refractivity contribution >= 4 is 23.4 Å². The van der Waals surface area contributed by atoms with Crippen LogP contribution in [0.5, 0.6) is 0 Å². The first-order valence-electron chi connectivity index (χ1n) is 5.88. The molecule has 0 aliphatic rings. The maximum Gasteiger partial charge on any atom is 0.105 e. The molecular formula is C14H15ClN2S. The van der Waals surface area contributed by atoms with Crippen molar-refractivity contribution in [2.45, 2.75) is 23.4 Å². The zero-order valence-electron chi connectivity index (χ0n) is 10.2. The highest BCUT2D eigenvalue weighted by Crippen LogP contribution is 2.33. The Balaban J connectivity index is 2.21. The molecule has 0 bridgehead atoms. The number of nitrogens with zero attached hydrogens (tertiary/aromatic N) is 1. The molecule has 2 rings (SSSR count). The van der Waals surface area contributed by atoms with Crippen molar-refractivity contribution in [2.24, 2.45) is 0 Å². The molecular weight excluding hydrogens is 264 g/mol. The minimum absolute atomic E-state index is 0.766. The highest BCUT2D eigenvalue weighted by atomic mass is 35.5. The normalized spacial score (nSPS) is 10.6. The topological polar surface area (TPSA) is 24.9 Å². The van der Waals surface area contributed by atoms with E-state index in [2.05, 4.69) is 23.3 Å². The SMILES string of the molecule is CCNCc1cccnc1Sc1ccccc1Cl. The minimum atomic E-state index is 0.766. The van der Waals surface area contributed by atoms with Crippen LogP contribution in [0.2, 0.25) is 5.02 Å². The summed E-state index contributed by atoms with van der Waals surface area (Å²) in [6, 6.07) is 11.9. The fourth-order valence-corrected chi connectivity index (χ4v) is 2.70. The summed E-state index contributed by atoms with van der Waals surface area (Å²) in [5.74, 6) is 0. The summed E-state index contributed by atoms with van der Waals surface area (Å²) < 4.78 is 0. The van der Waals surface area contributed by atoms with Crippen LogP contribution in [0.4, 0.5) is 0 Å². The average Bonchev–Trinajstić information content (AvgIpc) is 2.40. The van der Waals surface area contributed by atoms with Crippen LogP contribution in [0, 0.1) is 0 Å². The molecule has 1 heterocycles. The lowest BCUT2D eigenvalue weighted by Gasteiger charge is -2.09. The molecule has 1 aromatic heterocycles. The summed E-state index contributed by atoms with van der Waals surface area (Å²) in [6.45, 7) is 3.87. The third-order valence-corrected chi connectivity index (χ3v) is 4.04. The fourth-order valence-electron chi connectivity index (χ4n) is 1.54. The van der Waals surface area contributed by atoms with Crippen molar-refractivity contribution in [1.29, 1.82) is 0 Å². The Morgan fingerprint density at radius 1 is 1.22 bits per heavy atom. The van der Waals surface area contributed by atoms with Crippen LogP contribution in [-0.2, 0) is 6.54 Å². The third kappa shape index (κ3) is 3.48. The predicted molar refractivity (Wildman–Crippen MR) is 77.2 cm³/mol. The van der Waals surface area contributed by atoms with Gasteiger partial charge in [-0.1, -0.05) is 48.5 Å². The zero-order valence-corrected chi connectivity index (χ0v) is 11.8. The minimum Gasteiger partial charge on any atom is -0.313 e. The molecule has 2 nitrogen and oxygen atoms in total. The second kappa shape index (κ2) is 6.78. The summed E-state index contributed by atoms with van der Waals surface area (Å²) in [5.41, 5.74) is 1.20. The number of aromatic nitrogens is 1. The maximum atomic E-state index is 6.17. The second-order valence-corrected chi connectivity index (χ2v) is 5.22. The van der Waals surface area contributed by atoms with E-state index < -0.39 is 0 Å². The van der Waals surface area contributed by atoms with Gasteiger partial charge < -0.3 is 5.32 Å². The fraction of sp³-hybridized carbons (Fsp3) is 0.214. The Labute approximate surface area is 117 Å². The van der Waals surface area contributed by atoms with Crippen molar-refractivity contribution in [1.82, 2.24) is 10.3 Å². The molecule has 0 fully saturated rings. The number of pyridine rings is 1. The van der Waals surface area contributed by atoms with E-state index in [1.165, 1.54) is 5.56 Å². The van der Waals surface area contributed by atoms with E-state index in [4.69, 9.17) is 11.6 Å². The standard InChI is InChI=1S/C14H15ClN2S/c1-2-16-10-11-6-5-9-17-14(11)18-13-8-4-3-7-12(13)15/h3-9,16H,2,10H2,1H3. The summed E-state index contributed by atoms with van der Waals surface area (Å²) in [6.07, 6.45) is 1.81. The molecule has 0 atom stereocenters. The number of hydrogen-bond acceptors (Lipinski definition) is 3. The average molecular weight is 279 g/mol. The van der Waals surface area contributed by atoms with E-state index in [1.807, 2.05) is 36.5 Å². The van der Waals surface area contributed by atoms with Crippen molar-refractivity contribution < 1.29 is 0 Å². The highest BCUT2D eigenvalue weighted by Gasteiger charge is 2.07. The summed E-state index contributed by atoms with van der Waals surface area (Å²) in [4.78, 5) is 5.47. The van der Waals surface area contributed by atoms with E-state index in [1.54, 1.807) is 11.8 Å². The van der Waals surface area contributed by atoms with Gasteiger partial charge in [-0.25, -0.2) is 4.98 Å². The van der Waals surface area contributed by atoms with Gasteiger partial charge >= 0.3 is 0 Å². The van der Waals surface area contributed by atoms with E-state index in [9.17, 15) is 0 Å². The third-order valence-electron chi connectivity index (χ3n) is 2.46. The first-order valence-corrected chi connectivity index (χ1v) is 7.07. The van der Waals surface area contributed by atoms with Crippen molar-refractivity contribution in [3.05, 3.63) is 53.2 Å². The van der Waals surface area contributed by atoms with Crippen LogP contribution < -0.4 is 5.32 Å². The lowest BCUT2D eigenvalue weighted by atomic mass is 10.3. The molecule has 0 amide bonds. The molecule has 1 N–H and O–H groups in total. The molecule has 18 heavy (non-hydrogen) atoms. The molecule has 0 saturated carbocycles. The van der Waals surface area contributed by atoms with Gasteiger partial charge in [0.2, 0.25) is 0 Å². The summed E-state index contributed by atoms with van der Waals surface area (Å²) in [5, 5.41) is 5.09. The predicted octanol–water partition coefficient (Wildman–Crippen LogP) is 4.00. The molecule has 0 unspecified atom stereocenters. The van der Waals surface area contributed by atoms with Gasteiger partial charge in [0.05, 0.1) is 5.02 Å². The molecule has 0 saturated heterocycles. The quantitative estimate of drug-likeness (QED) is 0.895. The molecule has 1 aromatic carbocycles. The van der Waals surface area contributed by atoms with Crippen LogP contribution in [0.25, 0.3) is 0 Å². The lowest BCUT2D eigenvalue weighted by Crippen LogP contribution is -2.12. The Morgan fingerprint density at radius 3 is 2.83 bits per heavy atom. The second-order valence-electron chi connectivity index (χ2n) is 3.78. The van der Waals surface area contributed by atoms with Gasteiger partial charge in [0.1, 0.15) is 5.03 Å². The Morgan fingerprint density at radius 2 is 2.06 bits per heavy atom. The van der Waals surface area contributed by atoms with E-state index in [0.29, 0.717) is 0 Å². The van der Waals surface area contributed by atoms with Gasteiger partial charge in [-0.2, -0.15) is 0 Å². The Bertz CT molecular complexity index is 517. The van der Waals surface area contributed by atoms with Gasteiger partial charge in [0.15, 0.2) is 0 Å². The number of hydrogen-bond donors (Lipinski definition) is 1. The van der Waals surface area contributed by atoms with Crippen molar-refractivity contribution in [3.8, 4) is 0 Å². The molecule has 0 spiro atoms. The molecule has 4 heteroatoms. The van der Waals surface area contributed by atoms with Gasteiger partial charge in [0, 0.05) is 17.6 Å². The monoisotopic (exact) mass is 278 g/mol. The first-order chi connectivity index (χ1) is 8.81. The number of nitrogens with one attached hydrogen (secondary N) is 1. The van der Waals surface area contributed by atoms with Crippen LogP contribution >= 0.6 is 23.4 Å². The number of halogens is 1. The smallest absolute Gasteiger partial charge is 0.105 e.